The minimum atomic E-state index is -0.601. The van der Waals surface area contributed by atoms with Crippen LogP contribution in [0.2, 0.25) is 0 Å². The molecule has 0 aliphatic heterocycles. The number of carbonyl (C=O) groups is 1. The zero-order chi connectivity index (χ0) is 10.7. The average Bonchev–Trinajstić information content (AvgIpc) is 2.08. The van der Waals surface area contributed by atoms with E-state index in [2.05, 4.69) is 30.9 Å². The van der Waals surface area contributed by atoms with Crippen molar-refractivity contribution in [3.8, 4) is 0 Å². The Hall–Kier alpha value is -1.50. The average molecular weight is 258 g/mol. The molecule has 0 bridgehead atoms. The molecule has 0 aromatic carbocycles. The number of anilines is 1. The van der Waals surface area contributed by atoms with Crippen molar-refractivity contribution in [1.82, 2.24) is 9.97 Å². The van der Waals surface area contributed by atoms with Crippen LogP contribution >= 0.6 is 15.9 Å². The van der Waals surface area contributed by atoms with Gasteiger partial charge in [0, 0.05) is 0 Å². The van der Waals surface area contributed by atoms with Gasteiger partial charge < -0.3 is 11.5 Å². The van der Waals surface area contributed by atoms with Crippen molar-refractivity contribution < 1.29 is 4.79 Å². The van der Waals surface area contributed by atoms with Gasteiger partial charge in [0.15, 0.2) is 11.5 Å². The van der Waals surface area contributed by atoms with Gasteiger partial charge in [-0.1, -0.05) is 0 Å². The molecule has 1 aromatic rings. The van der Waals surface area contributed by atoms with Gasteiger partial charge in [-0.15, -0.1) is 0 Å². The van der Waals surface area contributed by atoms with Crippen LogP contribution in [0.15, 0.2) is 15.8 Å². The lowest BCUT2D eigenvalue weighted by atomic mass is 10.4. The fourth-order valence-electron chi connectivity index (χ4n) is 0.747. The van der Waals surface area contributed by atoms with Crippen LogP contribution in [0, 0.1) is 0 Å². The lowest BCUT2D eigenvalue weighted by molar-refractivity contribution is 0.0998. The fraction of sp³-hybridized carbons (Fsp3) is 0.143. The first kappa shape index (κ1) is 10.6. The van der Waals surface area contributed by atoms with Crippen LogP contribution in [0.4, 0.5) is 5.82 Å². The minimum absolute atomic E-state index is 0.0100. The molecule has 1 amide bonds. The monoisotopic (exact) mass is 257 g/mol. The van der Waals surface area contributed by atoms with Gasteiger partial charge in [0.05, 0.1) is 6.20 Å². The highest BCUT2D eigenvalue weighted by atomic mass is 79.9. The maximum atomic E-state index is 11.4. The molecule has 1 rings (SSSR count). The van der Waals surface area contributed by atoms with E-state index in [4.69, 9.17) is 11.5 Å². The molecule has 0 aliphatic rings. The molecule has 4 N–H and O–H groups in total. The number of nitrogens with two attached hydrogens (primary N) is 2. The van der Waals surface area contributed by atoms with Gasteiger partial charge in [0.1, 0.15) is 10.4 Å². The van der Waals surface area contributed by atoms with Crippen LogP contribution in [0.1, 0.15) is 17.4 Å². The first-order valence-electron chi connectivity index (χ1n) is 3.64. The Kier molecular flexibility index (Phi) is 3.13. The summed E-state index contributed by atoms with van der Waals surface area (Å²) in [5.41, 5.74) is 10.7. The highest BCUT2D eigenvalue weighted by Crippen LogP contribution is 2.11. The van der Waals surface area contributed by atoms with E-state index >= 15 is 0 Å². The number of hydrogen-bond acceptors (Lipinski definition) is 4. The Bertz CT molecular complexity index is 399. The first-order valence-corrected chi connectivity index (χ1v) is 4.43. The summed E-state index contributed by atoms with van der Waals surface area (Å²) in [4.78, 5) is 22.4. The van der Waals surface area contributed by atoms with E-state index in [9.17, 15) is 4.79 Å². The van der Waals surface area contributed by atoms with Gasteiger partial charge in [-0.05, 0) is 22.9 Å². The predicted octanol–water partition coefficient (Wildman–Crippen LogP) is 0.339. The molecule has 1 heterocycles. The second kappa shape index (κ2) is 4.14. The zero-order valence-electron chi connectivity index (χ0n) is 7.36. The van der Waals surface area contributed by atoms with Gasteiger partial charge >= 0.3 is 5.91 Å². The van der Waals surface area contributed by atoms with E-state index < -0.39 is 5.91 Å². The topological polar surface area (TPSA) is 107 Å². The minimum Gasteiger partial charge on any atom is -0.387 e. The van der Waals surface area contributed by atoms with Crippen molar-refractivity contribution in [3.63, 3.8) is 0 Å². The molecular weight excluding hydrogens is 250 g/mol. The van der Waals surface area contributed by atoms with Gasteiger partial charge in [0.2, 0.25) is 0 Å². The number of rotatable bonds is 1. The summed E-state index contributed by atoms with van der Waals surface area (Å²) in [6.07, 6.45) is 1.39. The predicted molar refractivity (Wildman–Crippen MR) is 55.8 cm³/mol. The second-order valence-electron chi connectivity index (χ2n) is 2.48. The molecule has 74 valence electrons. The third kappa shape index (κ3) is 2.49. The summed E-state index contributed by atoms with van der Waals surface area (Å²) in [5.74, 6) is -0.421. The van der Waals surface area contributed by atoms with Crippen LogP contribution in [0.3, 0.4) is 0 Å². The van der Waals surface area contributed by atoms with Crippen LogP contribution in [0.5, 0.6) is 0 Å². The second-order valence-corrected chi connectivity index (χ2v) is 3.30. The molecule has 0 aliphatic carbocycles. The number of aromatic nitrogens is 2. The summed E-state index contributed by atoms with van der Waals surface area (Å²) >= 11 is 3.07. The van der Waals surface area contributed by atoms with Crippen LogP contribution < -0.4 is 11.5 Å². The van der Waals surface area contributed by atoms with E-state index in [1.807, 2.05) is 0 Å². The van der Waals surface area contributed by atoms with E-state index in [0.29, 0.717) is 4.60 Å². The van der Waals surface area contributed by atoms with Crippen molar-refractivity contribution in [2.75, 3.05) is 5.73 Å². The molecule has 0 spiro atoms. The molecule has 1 aromatic heterocycles. The highest BCUT2D eigenvalue weighted by molar-refractivity contribution is 9.10. The summed E-state index contributed by atoms with van der Waals surface area (Å²) < 4.78 is 0.417. The lowest BCUT2D eigenvalue weighted by Gasteiger charge is -1.99. The van der Waals surface area contributed by atoms with Crippen molar-refractivity contribution in [3.05, 3.63) is 16.5 Å². The third-order valence-corrected chi connectivity index (χ3v) is 1.63. The zero-order valence-corrected chi connectivity index (χ0v) is 8.95. The van der Waals surface area contributed by atoms with Crippen molar-refractivity contribution in [2.24, 2.45) is 10.7 Å². The Balaban J connectivity index is 3.12. The Morgan fingerprint density at radius 2 is 2.29 bits per heavy atom. The summed E-state index contributed by atoms with van der Waals surface area (Å²) in [7, 11) is 0. The number of aliphatic imine (C=N–C) groups is 1. The number of nitrogen functional groups attached to an aromatic ring is 1. The smallest absolute Gasteiger partial charge is 0.301 e. The van der Waals surface area contributed by atoms with Crippen molar-refractivity contribution in [1.29, 1.82) is 0 Å². The molecule has 0 saturated carbocycles. The number of nitrogens with zero attached hydrogens (tertiary/aromatic N) is 3. The van der Waals surface area contributed by atoms with Crippen molar-refractivity contribution >= 4 is 33.5 Å². The molecule has 0 atom stereocenters. The van der Waals surface area contributed by atoms with Crippen LogP contribution in [0.25, 0.3) is 0 Å². The molecule has 7 heteroatoms. The number of hydrogen-bond donors (Lipinski definition) is 2. The van der Waals surface area contributed by atoms with Gasteiger partial charge in [-0.25, -0.2) is 9.97 Å². The van der Waals surface area contributed by atoms with E-state index in [-0.39, 0.29) is 17.3 Å². The van der Waals surface area contributed by atoms with Crippen LogP contribution in [-0.2, 0) is 0 Å². The number of halogens is 1. The van der Waals surface area contributed by atoms with Gasteiger partial charge in [-0.3, -0.25) is 4.79 Å². The largest absolute Gasteiger partial charge is 0.387 e. The Labute approximate surface area is 88.6 Å². The van der Waals surface area contributed by atoms with E-state index in [1.165, 1.54) is 13.1 Å². The van der Waals surface area contributed by atoms with Crippen LogP contribution in [-0.4, -0.2) is 21.7 Å². The number of amides is 1. The number of carbonyl (C=O) groups excluding carboxylic acids is 1. The molecule has 14 heavy (non-hydrogen) atoms. The fourth-order valence-corrected chi connectivity index (χ4v) is 1.03. The first-order chi connectivity index (χ1) is 6.50. The van der Waals surface area contributed by atoms with Gasteiger partial charge in [0.25, 0.3) is 0 Å². The normalized spacial score (nSPS) is 11.4. The maximum Gasteiger partial charge on any atom is 0.301 e. The summed E-state index contributed by atoms with van der Waals surface area (Å²) in [5, 5.41) is 0. The summed E-state index contributed by atoms with van der Waals surface area (Å²) in [6.45, 7) is 1.50. The highest BCUT2D eigenvalue weighted by Gasteiger charge is 2.12. The molecule has 0 radical (unpaired) electrons. The molecular formula is C7H8BrN5O. The maximum absolute atomic E-state index is 11.4. The SMILES string of the molecule is CC(N)=NC(=O)c1nc(Br)cnc1N. The number of amidine groups is 1. The Morgan fingerprint density at radius 3 is 2.86 bits per heavy atom. The quantitative estimate of drug-likeness (QED) is 0.557. The third-order valence-electron chi connectivity index (χ3n) is 1.25. The van der Waals surface area contributed by atoms with E-state index in [1.54, 1.807) is 0 Å². The van der Waals surface area contributed by atoms with Gasteiger partial charge in [-0.2, -0.15) is 4.99 Å². The molecule has 6 nitrogen and oxygen atoms in total. The molecule has 0 unspecified atom stereocenters. The standard InChI is InChI=1S/C7H8BrN5O/c1-3(9)12-7(14)5-6(10)11-2-4(8)13-5/h2H,1H3,(H2,10,11)(H2,9,12,14). The van der Waals surface area contributed by atoms with E-state index in [0.717, 1.165) is 0 Å². The van der Waals surface area contributed by atoms with Crippen molar-refractivity contribution in [2.45, 2.75) is 6.92 Å². The Morgan fingerprint density at radius 1 is 1.64 bits per heavy atom. The molecule has 0 fully saturated rings. The lowest BCUT2D eigenvalue weighted by Crippen LogP contribution is -2.12. The summed E-state index contributed by atoms with van der Waals surface area (Å²) in [6, 6.07) is 0. The molecule has 0 saturated heterocycles.